The number of pyridine rings is 1. The number of carbonyl (C=O) groups is 1. The van der Waals surface area contributed by atoms with Gasteiger partial charge in [-0.05, 0) is 56.0 Å². The number of rotatable bonds is 4. The average Bonchev–Trinajstić information content (AvgIpc) is 3.39. The first kappa shape index (κ1) is 22.8. The number of hydrogen-bond acceptors (Lipinski definition) is 5. The molecule has 0 aliphatic carbocycles. The summed E-state index contributed by atoms with van der Waals surface area (Å²) in [5.41, 5.74) is 3.13. The van der Waals surface area contributed by atoms with Crippen LogP contribution >= 0.6 is 0 Å². The molecule has 1 amide bonds. The molecule has 0 unspecified atom stereocenters. The highest BCUT2D eigenvalue weighted by Crippen LogP contribution is 2.29. The van der Waals surface area contributed by atoms with Gasteiger partial charge in [0.05, 0.1) is 16.0 Å². The zero-order chi connectivity index (χ0) is 23.9. The van der Waals surface area contributed by atoms with Crippen molar-refractivity contribution in [2.45, 2.75) is 31.6 Å². The lowest BCUT2D eigenvalue weighted by Crippen LogP contribution is -2.50. The quantitative estimate of drug-likeness (QED) is 0.573. The Labute approximate surface area is 201 Å². The van der Waals surface area contributed by atoms with Gasteiger partial charge in [-0.15, -0.1) is 0 Å². The molecular weight excluding hydrogens is 448 g/mol. The molecule has 178 valence electrons. The van der Waals surface area contributed by atoms with Gasteiger partial charge in [-0.1, -0.05) is 30.3 Å². The van der Waals surface area contributed by atoms with Gasteiger partial charge in [0.1, 0.15) is 5.82 Å². The van der Waals surface area contributed by atoms with Crippen LogP contribution in [0.15, 0.2) is 53.4 Å². The molecule has 5 rings (SSSR count). The van der Waals surface area contributed by atoms with Crippen molar-refractivity contribution in [3.05, 3.63) is 65.2 Å². The van der Waals surface area contributed by atoms with Crippen LogP contribution in [0.3, 0.4) is 0 Å². The van der Waals surface area contributed by atoms with Gasteiger partial charge in [-0.25, -0.2) is 13.4 Å². The predicted molar refractivity (Wildman–Crippen MR) is 134 cm³/mol. The number of benzene rings is 2. The van der Waals surface area contributed by atoms with Crippen molar-refractivity contribution in [1.82, 2.24) is 14.2 Å². The predicted octanol–water partition coefficient (Wildman–Crippen LogP) is 3.60. The number of para-hydroxylation sites is 1. The average molecular weight is 479 g/mol. The van der Waals surface area contributed by atoms with E-state index in [1.54, 1.807) is 11.0 Å². The van der Waals surface area contributed by atoms with Crippen molar-refractivity contribution in [1.29, 1.82) is 0 Å². The van der Waals surface area contributed by atoms with E-state index in [9.17, 15) is 13.2 Å². The molecule has 2 aromatic carbocycles. The largest absolute Gasteiger partial charge is 0.356 e. The lowest BCUT2D eigenvalue weighted by Gasteiger charge is -2.35. The number of piperazine rings is 1. The number of nitrogens with zero attached hydrogens (tertiary/aromatic N) is 4. The van der Waals surface area contributed by atoms with Crippen LogP contribution < -0.4 is 4.90 Å². The third-order valence-electron chi connectivity index (χ3n) is 6.83. The summed E-state index contributed by atoms with van der Waals surface area (Å²) >= 11 is 0. The molecule has 34 heavy (non-hydrogen) atoms. The van der Waals surface area contributed by atoms with E-state index in [4.69, 9.17) is 4.98 Å². The first-order valence-corrected chi connectivity index (χ1v) is 13.3. The summed E-state index contributed by atoms with van der Waals surface area (Å²) in [6.45, 7) is 6.78. The number of sulfonamides is 1. The van der Waals surface area contributed by atoms with Crippen molar-refractivity contribution < 1.29 is 13.2 Å². The van der Waals surface area contributed by atoms with Gasteiger partial charge >= 0.3 is 0 Å². The van der Waals surface area contributed by atoms with E-state index in [1.165, 1.54) is 4.31 Å². The molecular formula is C26H30N4O3S. The minimum Gasteiger partial charge on any atom is -0.356 e. The number of hydrogen-bond donors (Lipinski definition) is 0. The zero-order valence-corrected chi connectivity index (χ0v) is 20.5. The molecule has 3 aromatic rings. The highest BCUT2D eigenvalue weighted by molar-refractivity contribution is 7.89. The molecule has 0 radical (unpaired) electrons. The van der Waals surface area contributed by atoms with Crippen molar-refractivity contribution >= 4 is 32.7 Å². The molecule has 0 atom stereocenters. The van der Waals surface area contributed by atoms with Gasteiger partial charge < -0.3 is 9.80 Å². The molecule has 2 fully saturated rings. The number of aryl methyl sites for hydroxylation is 2. The first-order valence-electron chi connectivity index (χ1n) is 11.9. The molecule has 1 aromatic heterocycles. The fraction of sp³-hybridized carbons (Fsp3) is 0.385. The van der Waals surface area contributed by atoms with E-state index in [2.05, 4.69) is 4.90 Å². The number of carbonyl (C=O) groups excluding carboxylic acids is 1. The van der Waals surface area contributed by atoms with E-state index < -0.39 is 10.0 Å². The summed E-state index contributed by atoms with van der Waals surface area (Å²) < 4.78 is 28.1. The summed E-state index contributed by atoms with van der Waals surface area (Å²) in [6.07, 6.45) is 2.19. The molecule has 3 heterocycles. The molecule has 0 saturated carbocycles. The molecule has 8 heteroatoms. The highest BCUT2D eigenvalue weighted by Gasteiger charge is 2.33. The second-order valence-electron chi connectivity index (χ2n) is 9.21. The van der Waals surface area contributed by atoms with Gasteiger partial charge in [-0.3, -0.25) is 4.79 Å². The van der Waals surface area contributed by atoms with E-state index >= 15 is 0 Å². The number of anilines is 1. The van der Waals surface area contributed by atoms with E-state index in [-0.39, 0.29) is 19.0 Å². The Morgan fingerprint density at radius 1 is 0.882 bits per heavy atom. The molecule has 0 bridgehead atoms. The summed E-state index contributed by atoms with van der Waals surface area (Å²) in [5, 5.41) is 0.935. The third kappa shape index (κ3) is 4.16. The second-order valence-corrected chi connectivity index (χ2v) is 11.1. The van der Waals surface area contributed by atoms with Crippen LogP contribution in [0, 0.1) is 13.8 Å². The summed E-state index contributed by atoms with van der Waals surface area (Å²) in [5.74, 6) is 0.663. The van der Waals surface area contributed by atoms with Crippen LogP contribution in [0.2, 0.25) is 0 Å². The highest BCUT2D eigenvalue weighted by atomic mass is 32.2. The van der Waals surface area contributed by atoms with Crippen molar-refractivity contribution in [2.75, 3.05) is 44.2 Å². The monoisotopic (exact) mass is 478 g/mol. The normalized spacial score (nSPS) is 17.5. The van der Waals surface area contributed by atoms with Crippen LogP contribution in [-0.4, -0.2) is 67.8 Å². The topological polar surface area (TPSA) is 73.8 Å². The Morgan fingerprint density at radius 3 is 2.32 bits per heavy atom. The maximum atomic E-state index is 13.6. The Hall–Kier alpha value is -2.97. The third-order valence-corrected chi connectivity index (χ3v) is 8.87. The van der Waals surface area contributed by atoms with Crippen LogP contribution in [-0.2, 0) is 10.0 Å². The van der Waals surface area contributed by atoms with Gasteiger partial charge in [0.15, 0.2) is 0 Å². The van der Waals surface area contributed by atoms with Crippen molar-refractivity contribution in [3.63, 3.8) is 0 Å². The van der Waals surface area contributed by atoms with Crippen LogP contribution in [0.25, 0.3) is 10.9 Å². The van der Waals surface area contributed by atoms with Crippen LogP contribution in [0.1, 0.15) is 34.3 Å². The van der Waals surface area contributed by atoms with E-state index in [0.29, 0.717) is 23.5 Å². The Morgan fingerprint density at radius 2 is 1.59 bits per heavy atom. The van der Waals surface area contributed by atoms with Crippen molar-refractivity contribution in [3.8, 4) is 0 Å². The Kier molecular flexibility index (Phi) is 6.04. The van der Waals surface area contributed by atoms with Gasteiger partial charge in [0, 0.05) is 44.7 Å². The molecule has 0 spiro atoms. The fourth-order valence-electron chi connectivity index (χ4n) is 4.86. The van der Waals surface area contributed by atoms with E-state index in [1.807, 2.05) is 56.3 Å². The second kappa shape index (κ2) is 9.00. The number of fused-ring (bicyclic) bond motifs is 1. The molecule has 0 N–H and O–H groups in total. The SMILES string of the molecule is Cc1ccc(C)c(S(=O)(=O)N2CCN(C(=O)c3cc4ccccc4nc3N3CCCC3)CC2)c1. The summed E-state index contributed by atoms with van der Waals surface area (Å²) in [6, 6.07) is 15.3. The smallest absolute Gasteiger partial charge is 0.257 e. The first-order chi connectivity index (χ1) is 16.3. The fourth-order valence-corrected chi connectivity index (χ4v) is 6.59. The van der Waals surface area contributed by atoms with Crippen LogP contribution in [0.5, 0.6) is 0 Å². The summed E-state index contributed by atoms with van der Waals surface area (Å²) in [4.78, 5) is 22.8. The number of aromatic nitrogens is 1. The molecule has 2 aliphatic heterocycles. The molecule has 2 saturated heterocycles. The standard InChI is InChI=1S/C26H30N4O3S/c1-19-9-10-20(2)24(17-19)34(32,33)30-15-13-29(14-16-30)26(31)22-18-21-7-3-4-8-23(21)27-25(22)28-11-5-6-12-28/h3-4,7-10,17-18H,5-6,11-16H2,1-2H3. The van der Waals surface area contributed by atoms with Gasteiger partial charge in [-0.2, -0.15) is 4.31 Å². The van der Waals surface area contributed by atoms with Crippen molar-refractivity contribution in [2.24, 2.45) is 0 Å². The number of amides is 1. The van der Waals surface area contributed by atoms with E-state index in [0.717, 1.165) is 53.8 Å². The lowest BCUT2D eigenvalue weighted by molar-refractivity contribution is 0.0698. The van der Waals surface area contributed by atoms with Gasteiger partial charge in [0.25, 0.3) is 5.91 Å². The molecule has 7 nitrogen and oxygen atoms in total. The minimum atomic E-state index is -3.60. The van der Waals surface area contributed by atoms with Crippen LogP contribution in [0.4, 0.5) is 5.82 Å². The van der Waals surface area contributed by atoms with Gasteiger partial charge in [0.2, 0.25) is 10.0 Å². The molecule has 2 aliphatic rings. The minimum absolute atomic E-state index is 0.0797. The Bertz CT molecular complexity index is 1340. The maximum Gasteiger partial charge on any atom is 0.257 e. The zero-order valence-electron chi connectivity index (χ0n) is 19.7. The lowest BCUT2D eigenvalue weighted by atomic mass is 10.1. The maximum absolute atomic E-state index is 13.6. The summed E-state index contributed by atoms with van der Waals surface area (Å²) in [7, 11) is -3.60. The Balaban J connectivity index is 1.39.